The Bertz CT molecular complexity index is 691. The van der Waals surface area contributed by atoms with Crippen LogP contribution in [0.25, 0.3) is 10.9 Å². The second-order valence-corrected chi connectivity index (χ2v) is 6.43. The summed E-state index contributed by atoms with van der Waals surface area (Å²) in [6.07, 6.45) is 5.75. The number of para-hydroxylation sites is 1. The van der Waals surface area contributed by atoms with Gasteiger partial charge in [-0.15, -0.1) is 11.6 Å². The van der Waals surface area contributed by atoms with E-state index in [0.29, 0.717) is 5.39 Å². The quantitative estimate of drug-likeness (QED) is 0.773. The third-order valence-electron chi connectivity index (χ3n) is 4.52. The van der Waals surface area contributed by atoms with Crippen molar-refractivity contribution in [1.29, 1.82) is 0 Å². The van der Waals surface area contributed by atoms with Crippen molar-refractivity contribution in [2.45, 2.75) is 50.9 Å². The number of alkyl halides is 1. The fourth-order valence-electron chi connectivity index (χ4n) is 2.92. The monoisotopic (exact) mass is 304 g/mol. The molecule has 1 aliphatic rings. The molecular formula is C17H21ClN2O. The standard InChI is InChI=1S/C17H21ClN2O/c1-2-14(18)16-19-15-9-4-3-8-13(15)17(21)20(16)11-10-12-6-5-7-12/h3-4,8-9,12,14H,2,5-7,10-11H2,1H3. The molecule has 1 unspecified atom stereocenters. The molecule has 1 aromatic heterocycles. The van der Waals surface area contributed by atoms with Gasteiger partial charge in [0.1, 0.15) is 5.82 Å². The molecular weight excluding hydrogens is 284 g/mol. The summed E-state index contributed by atoms with van der Waals surface area (Å²) in [6, 6.07) is 7.53. The lowest BCUT2D eigenvalue weighted by atomic mass is 9.83. The smallest absolute Gasteiger partial charge is 0.261 e. The van der Waals surface area contributed by atoms with E-state index in [4.69, 9.17) is 11.6 Å². The molecule has 1 fully saturated rings. The van der Waals surface area contributed by atoms with E-state index in [1.165, 1.54) is 19.3 Å². The maximum Gasteiger partial charge on any atom is 0.261 e. The van der Waals surface area contributed by atoms with Gasteiger partial charge < -0.3 is 0 Å². The van der Waals surface area contributed by atoms with Crippen LogP contribution in [0.5, 0.6) is 0 Å². The third-order valence-corrected chi connectivity index (χ3v) is 5.02. The summed E-state index contributed by atoms with van der Waals surface area (Å²) < 4.78 is 1.81. The molecule has 3 rings (SSSR count). The zero-order valence-corrected chi connectivity index (χ0v) is 13.1. The van der Waals surface area contributed by atoms with Crippen molar-refractivity contribution in [2.75, 3.05) is 0 Å². The molecule has 0 N–H and O–H groups in total. The topological polar surface area (TPSA) is 34.9 Å². The first-order valence-electron chi connectivity index (χ1n) is 7.84. The summed E-state index contributed by atoms with van der Waals surface area (Å²) in [5, 5.41) is 0.485. The van der Waals surface area contributed by atoms with Gasteiger partial charge >= 0.3 is 0 Å². The maximum atomic E-state index is 12.8. The Morgan fingerprint density at radius 1 is 1.38 bits per heavy atom. The Labute approximate surface area is 130 Å². The van der Waals surface area contributed by atoms with Gasteiger partial charge in [-0.3, -0.25) is 9.36 Å². The molecule has 4 heteroatoms. The molecule has 1 heterocycles. The Hall–Kier alpha value is -1.35. The Morgan fingerprint density at radius 2 is 2.14 bits per heavy atom. The summed E-state index contributed by atoms with van der Waals surface area (Å²) in [5.41, 5.74) is 0.797. The van der Waals surface area contributed by atoms with Gasteiger partial charge in [0.2, 0.25) is 0 Å². The van der Waals surface area contributed by atoms with Crippen LogP contribution in [0.3, 0.4) is 0 Å². The van der Waals surface area contributed by atoms with E-state index in [-0.39, 0.29) is 10.9 Å². The van der Waals surface area contributed by atoms with Gasteiger partial charge in [0.15, 0.2) is 0 Å². The number of aromatic nitrogens is 2. The van der Waals surface area contributed by atoms with E-state index < -0.39 is 0 Å². The van der Waals surface area contributed by atoms with Crippen LogP contribution >= 0.6 is 11.6 Å². The lowest BCUT2D eigenvalue weighted by molar-refractivity contribution is 0.279. The van der Waals surface area contributed by atoms with Gasteiger partial charge in [0.25, 0.3) is 5.56 Å². The van der Waals surface area contributed by atoms with E-state index in [0.717, 1.165) is 36.6 Å². The Kier molecular flexibility index (Phi) is 4.29. The number of hydrogen-bond acceptors (Lipinski definition) is 2. The summed E-state index contributed by atoms with van der Waals surface area (Å²) in [6.45, 7) is 2.76. The van der Waals surface area contributed by atoms with E-state index >= 15 is 0 Å². The lowest BCUT2D eigenvalue weighted by Crippen LogP contribution is -2.28. The van der Waals surface area contributed by atoms with Crippen LogP contribution in [-0.2, 0) is 6.54 Å². The summed E-state index contributed by atoms with van der Waals surface area (Å²) in [7, 11) is 0. The van der Waals surface area contributed by atoms with Gasteiger partial charge in [0.05, 0.1) is 16.3 Å². The van der Waals surface area contributed by atoms with E-state index in [9.17, 15) is 4.79 Å². The second kappa shape index (κ2) is 6.18. The van der Waals surface area contributed by atoms with Gasteiger partial charge in [-0.1, -0.05) is 38.3 Å². The number of hydrogen-bond donors (Lipinski definition) is 0. The minimum Gasteiger partial charge on any atom is -0.295 e. The van der Waals surface area contributed by atoms with Crippen molar-refractivity contribution in [3.05, 3.63) is 40.4 Å². The minimum atomic E-state index is -0.205. The van der Waals surface area contributed by atoms with Crippen LogP contribution in [-0.4, -0.2) is 9.55 Å². The molecule has 1 aliphatic carbocycles. The summed E-state index contributed by atoms with van der Waals surface area (Å²) in [4.78, 5) is 17.4. The summed E-state index contributed by atoms with van der Waals surface area (Å²) >= 11 is 6.41. The highest BCUT2D eigenvalue weighted by Gasteiger charge is 2.20. The van der Waals surface area contributed by atoms with Crippen LogP contribution in [0.15, 0.2) is 29.1 Å². The molecule has 0 aliphatic heterocycles. The molecule has 0 radical (unpaired) electrons. The van der Waals surface area contributed by atoms with E-state index in [1.54, 1.807) is 0 Å². The summed E-state index contributed by atoms with van der Waals surface area (Å²) in [5.74, 6) is 1.49. The number of halogens is 1. The first-order chi connectivity index (χ1) is 10.2. The zero-order valence-electron chi connectivity index (χ0n) is 12.4. The van der Waals surface area contributed by atoms with Gasteiger partial charge in [-0.05, 0) is 30.9 Å². The van der Waals surface area contributed by atoms with E-state index in [2.05, 4.69) is 4.98 Å². The first-order valence-corrected chi connectivity index (χ1v) is 8.28. The molecule has 2 aromatic rings. The molecule has 3 nitrogen and oxygen atoms in total. The number of nitrogens with zero attached hydrogens (tertiary/aromatic N) is 2. The molecule has 0 spiro atoms. The average molecular weight is 305 g/mol. The van der Waals surface area contributed by atoms with Crippen molar-refractivity contribution in [1.82, 2.24) is 9.55 Å². The van der Waals surface area contributed by atoms with Crippen LogP contribution < -0.4 is 5.56 Å². The first kappa shape index (κ1) is 14.6. The highest BCUT2D eigenvalue weighted by Crippen LogP contribution is 2.30. The van der Waals surface area contributed by atoms with Crippen LogP contribution in [0.1, 0.15) is 50.2 Å². The predicted molar refractivity (Wildman–Crippen MR) is 86.8 cm³/mol. The normalized spacial score (nSPS) is 16.9. The molecule has 21 heavy (non-hydrogen) atoms. The van der Waals surface area contributed by atoms with Crippen molar-refractivity contribution < 1.29 is 0 Å². The molecule has 0 amide bonds. The molecule has 1 aromatic carbocycles. The van der Waals surface area contributed by atoms with Gasteiger partial charge in [0, 0.05) is 6.54 Å². The van der Waals surface area contributed by atoms with Crippen LogP contribution in [0, 0.1) is 5.92 Å². The number of fused-ring (bicyclic) bond motifs is 1. The van der Waals surface area contributed by atoms with Crippen molar-refractivity contribution in [3.8, 4) is 0 Å². The fraction of sp³-hybridized carbons (Fsp3) is 0.529. The van der Waals surface area contributed by atoms with Crippen molar-refractivity contribution in [3.63, 3.8) is 0 Å². The van der Waals surface area contributed by atoms with Crippen LogP contribution in [0.4, 0.5) is 0 Å². The van der Waals surface area contributed by atoms with Crippen LogP contribution in [0.2, 0.25) is 0 Å². The third kappa shape index (κ3) is 2.84. The number of rotatable bonds is 5. The molecule has 0 saturated heterocycles. The van der Waals surface area contributed by atoms with E-state index in [1.807, 2.05) is 35.8 Å². The van der Waals surface area contributed by atoms with Crippen molar-refractivity contribution in [2.24, 2.45) is 5.92 Å². The molecule has 112 valence electrons. The highest BCUT2D eigenvalue weighted by molar-refractivity contribution is 6.20. The molecule has 1 saturated carbocycles. The SMILES string of the molecule is CCC(Cl)c1nc2ccccc2c(=O)n1CCC1CCC1. The molecule has 1 atom stereocenters. The largest absolute Gasteiger partial charge is 0.295 e. The van der Waals surface area contributed by atoms with Gasteiger partial charge in [-0.2, -0.15) is 0 Å². The zero-order chi connectivity index (χ0) is 14.8. The lowest BCUT2D eigenvalue weighted by Gasteiger charge is -2.26. The maximum absolute atomic E-state index is 12.8. The van der Waals surface area contributed by atoms with Gasteiger partial charge in [-0.25, -0.2) is 4.98 Å². The Balaban J connectivity index is 2.04. The predicted octanol–water partition coefficient (Wildman–Crippen LogP) is 4.28. The van der Waals surface area contributed by atoms with Crippen molar-refractivity contribution >= 4 is 22.5 Å². The second-order valence-electron chi connectivity index (χ2n) is 5.91. The highest BCUT2D eigenvalue weighted by atomic mass is 35.5. The molecule has 0 bridgehead atoms. The fourth-order valence-corrected chi connectivity index (χ4v) is 3.08. The minimum absolute atomic E-state index is 0.0500. The number of benzene rings is 1. The Morgan fingerprint density at radius 3 is 2.81 bits per heavy atom. The average Bonchev–Trinajstić information content (AvgIpc) is 2.46.